The summed E-state index contributed by atoms with van der Waals surface area (Å²) in [4.78, 5) is 4.74. The molecule has 1 aromatic rings. The normalized spacial score (nSPS) is 19.4. The van der Waals surface area contributed by atoms with Crippen LogP contribution in [0, 0.1) is 0 Å². The lowest BCUT2D eigenvalue weighted by molar-refractivity contribution is 0.0800. The van der Waals surface area contributed by atoms with Crippen LogP contribution in [0.1, 0.15) is 37.4 Å². The Balaban J connectivity index is 2.08. The van der Waals surface area contributed by atoms with E-state index in [0.717, 1.165) is 31.7 Å². The minimum Gasteiger partial charge on any atom is -0.329 e. The summed E-state index contributed by atoms with van der Waals surface area (Å²) in [6.07, 6.45) is -2.43. The number of nitrogens with two attached hydrogens (primary N) is 1. The lowest BCUT2D eigenvalue weighted by atomic mass is 10.0. The van der Waals surface area contributed by atoms with Crippen LogP contribution in [0.3, 0.4) is 0 Å². The van der Waals surface area contributed by atoms with E-state index < -0.39 is 6.43 Å². The summed E-state index contributed by atoms with van der Waals surface area (Å²) in [7, 11) is 0. The molecule has 0 bridgehead atoms. The monoisotopic (exact) mass is 297 g/mol. The fourth-order valence-electron chi connectivity index (χ4n) is 2.96. The first-order valence-corrected chi connectivity index (χ1v) is 7.59. The molecule has 0 saturated carbocycles. The molecule has 0 aliphatic carbocycles. The second-order valence-electron chi connectivity index (χ2n) is 5.89. The van der Waals surface area contributed by atoms with Crippen LogP contribution in [0.5, 0.6) is 0 Å². The number of piperazine rings is 1. The first-order valence-electron chi connectivity index (χ1n) is 7.59. The van der Waals surface area contributed by atoms with E-state index in [0.29, 0.717) is 12.6 Å². The molecular formula is C16H25F2N3. The smallest absolute Gasteiger partial charge is 0.263 e. The quantitative estimate of drug-likeness (QED) is 0.907. The van der Waals surface area contributed by atoms with Crippen LogP contribution in [-0.2, 0) is 0 Å². The summed E-state index contributed by atoms with van der Waals surface area (Å²) >= 11 is 0. The molecule has 1 unspecified atom stereocenters. The van der Waals surface area contributed by atoms with Gasteiger partial charge in [0.15, 0.2) is 0 Å². The molecule has 21 heavy (non-hydrogen) atoms. The van der Waals surface area contributed by atoms with E-state index in [9.17, 15) is 8.78 Å². The van der Waals surface area contributed by atoms with Crippen molar-refractivity contribution in [3.63, 3.8) is 0 Å². The zero-order valence-electron chi connectivity index (χ0n) is 12.8. The van der Waals surface area contributed by atoms with Gasteiger partial charge in [-0.15, -0.1) is 0 Å². The summed E-state index contributed by atoms with van der Waals surface area (Å²) in [5.41, 5.74) is 6.89. The Morgan fingerprint density at radius 3 is 2.14 bits per heavy atom. The van der Waals surface area contributed by atoms with E-state index in [2.05, 4.69) is 23.6 Å². The average Bonchev–Trinajstić information content (AvgIpc) is 2.49. The average molecular weight is 297 g/mol. The van der Waals surface area contributed by atoms with Gasteiger partial charge in [-0.2, -0.15) is 0 Å². The van der Waals surface area contributed by atoms with Crippen molar-refractivity contribution in [2.45, 2.75) is 32.4 Å². The summed E-state index contributed by atoms with van der Waals surface area (Å²) in [6, 6.07) is 7.24. The number of nitrogens with zero attached hydrogens (tertiary/aromatic N) is 2. The Kier molecular flexibility index (Phi) is 5.67. The van der Waals surface area contributed by atoms with E-state index in [-0.39, 0.29) is 11.6 Å². The zero-order chi connectivity index (χ0) is 15.4. The minimum absolute atomic E-state index is 0.0259. The second kappa shape index (κ2) is 7.29. The third-order valence-corrected chi connectivity index (χ3v) is 4.29. The molecule has 3 nitrogen and oxygen atoms in total. The van der Waals surface area contributed by atoms with E-state index >= 15 is 0 Å². The van der Waals surface area contributed by atoms with Crippen molar-refractivity contribution in [3.05, 3.63) is 35.4 Å². The van der Waals surface area contributed by atoms with Crippen molar-refractivity contribution in [1.29, 1.82) is 0 Å². The largest absolute Gasteiger partial charge is 0.329 e. The third-order valence-electron chi connectivity index (χ3n) is 4.29. The molecule has 1 saturated heterocycles. The predicted octanol–water partition coefficient (Wildman–Crippen LogP) is 2.65. The van der Waals surface area contributed by atoms with Crippen LogP contribution in [0.25, 0.3) is 0 Å². The maximum atomic E-state index is 12.8. The molecule has 0 amide bonds. The Labute approximate surface area is 125 Å². The maximum absolute atomic E-state index is 12.8. The Morgan fingerprint density at radius 2 is 1.62 bits per heavy atom. The highest BCUT2D eigenvalue weighted by molar-refractivity contribution is 5.27. The molecule has 1 aliphatic rings. The molecule has 0 radical (unpaired) electrons. The number of hydrogen-bond acceptors (Lipinski definition) is 3. The van der Waals surface area contributed by atoms with Crippen molar-refractivity contribution < 1.29 is 8.78 Å². The van der Waals surface area contributed by atoms with Gasteiger partial charge >= 0.3 is 0 Å². The maximum Gasteiger partial charge on any atom is 0.263 e. The molecule has 2 rings (SSSR count). The Bertz CT molecular complexity index is 443. The molecule has 1 aliphatic heterocycles. The van der Waals surface area contributed by atoms with Gasteiger partial charge in [0.05, 0.1) is 0 Å². The fourth-order valence-corrected chi connectivity index (χ4v) is 2.96. The Morgan fingerprint density at radius 1 is 1.05 bits per heavy atom. The topological polar surface area (TPSA) is 32.5 Å². The van der Waals surface area contributed by atoms with Gasteiger partial charge in [0.25, 0.3) is 6.43 Å². The zero-order valence-corrected chi connectivity index (χ0v) is 12.8. The van der Waals surface area contributed by atoms with Gasteiger partial charge in [-0.3, -0.25) is 9.80 Å². The van der Waals surface area contributed by atoms with Gasteiger partial charge in [0.1, 0.15) is 0 Å². The van der Waals surface area contributed by atoms with E-state index in [1.54, 1.807) is 12.1 Å². The lowest BCUT2D eigenvalue weighted by Gasteiger charge is -2.40. The number of rotatable bonds is 5. The highest BCUT2D eigenvalue weighted by Gasteiger charge is 2.25. The Hall–Kier alpha value is -1.04. The van der Waals surface area contributed by atoms with Crippen LogP contribution >= 0.6 is 0 Å². The molecule has 5 heteroatoms. The summed E-state index contributed by atoms with van der Waals surface area (Å²) in [6.45, 7) is 8.71. The van der Waals surface area contributed by atoms with Gasteiger partial charge < -0.3 is 5.73 Å². The van der Waals surface area contributed by atoms with Crippen LogP contribution < -0.4 is 5.73 Å². The standard InChI is InChI=1S/C16H25F2N3/c1-12(2)20-6-8-21(9-7-20)15(11-19)13-4-3-5-14(10-13)16(17)18/h3-5,10,12,15-16H,6-9,11,19H2,1-2H3. The van der Waals surface area contributed by atoms with Crippen molar-refractivity contribution in [2.24, 2.45) is 5.73 Å². The van der Waals surface area contributed by atoms with Crippen molar-refractivity contribution in [2.75, 3.05) is 32.7 Å². The van der Waals surface area contributed by atoms with Gasteiger partial charge in [-0.1, -0.05) is 18.2 Å². The second-order valence-corrected chi connectivity index (χ2v) is 5.89. The predicted molar refractivity (Wildman–Crippen MR) is 81.5 cm³/mol. The fraction of sp³-hybridized carbons (Fsp3) is 0.625. The van der Waals surface area contributed by atoms with Crippen LogP contribution in [0.15, 0.2) is 24.3 Å². The van der Waals surface area contributed by atoms with Gasteiger partial charge in [0, 0.05) is 50.4 Å². The van der Waals surface area contributed by atoms with E-state index in [1.165, 1.54) is 6.07 Å². The summed E-state index contributed by atoms with van der Waals surface area (Å²) in [5, 5.41) is 0. The van der Waals surface area contributed by atoms with Crippen molar-refractivity contribution >= 4 is 0 Å². The van der Waals surface area contributed by atoms with Gasteiger partial charge in [-0.25, -0.2) is 8.78 Å². The lowest BCUT2D eigenvalue weighted by Crippen LogP contribution is -2.50. The van der Waals surface area contributed by atoms with Crippen molar-refractivity contribution in [1.82, 2.24) is 9.80 Å². The summed E-state index contributed by atoms with van der Waals surface area (Å²) < 4.78 is 25.7. The van der Waals surface area contributed by atoms with Crippen LogP contribution in [0.2, 0.25) is 0 Å². The first-order chi connectivity index (χ1) is 10.0. The van der Waals surface area contributed by atoms with Gasteiger partial charge in [-0.05, 0) is 25.5 Å². The number of halogens is 2. The summed E-state index contributed by atoms with van der Waals surface area (Å²) in [5.74, 6) is 0. The number of hydrogen-bond donors (Lipinski definition) is 1. The molecule has 1 aromatic carbocycles. The molecular weight excluding hydrogens is 272 g/mol. The van der Waals surface area contributed by atoms with Crippen LogP contribution in [0.4, 0.5) is 8.78 Å². The van der Waals surface area contributed by atoms with Gasteiger partial charge in [0.2, 0.25) is 0 Å². The number of benzene rings is 1. The molecule has 2 N–H and O–H groups in total. The minimum atomic E-state index is -2.43. The molecule has 1 heterocycles. The van der Waals surface area contributed by atoms with Crippen LogP contribution in [-0.4, -0.2) is 48.6 Å². The van der Waals surface area contributed by atoms with Crippen molar-refractivity contribution in [3.8, 4) is 0 Å². The first kappa shape index (κ1) is 16.3. The molecule has 1 atom stereocenters. The SMILES string of the molecule is CC(C)N1CCN(C(CN)c2cccc(C(F)F)c2)CC1. The molecule has 0 aromatic heterocycles. The molecule has 0 spiro atoms. The third kappa shape index (κ3) is 3.99. The highest BCUT2D eigenvalue weighted by atomic mass is 19.3. The highest BCUT2D eigenvalue weighted by Crippen LogP contribution is 2.26. The molecule has 1 fully saturated rings. The van der Waals surface area contributed by atoms with E-state index in [1.807, 2.05) is 6.07 Å². The van der Waals surface area contributed by atoms with E-state index in [4.69, 9.17) is 5.73 Å². The number of alkyl halides is 2. The molecule has 118 valence electrons.